The number of aliphatic carboxylic acids is 1. The Labute approximate surface area is 140 Å². The molecule has 2 aliphatic heterocycles. The number of rotatable bonds is 5. The van der Waals surface area contributed by atoms with E-state index in [9.17, 15) is 9.59 Å². The molecule has 138 valence electrons. The van der Waals surface area contributed by atoms with E-state index in [-0.39, 0.29) is 12.5 Å². The maximum atomic E-state index is 11.6. The Morgan fingerprint density at radius 3 is 2.58 bits per heavy atom. The predicted molar refractivity (Wildman–Crippen MR) is 80.1 cm³/mol. The Bertz CT molecular complexity index is 482. The van der Waals surface area contributed by atoms with Gasteiger partial charge in [0.2, 0.25) is 5.91 Å². The van der Waals surface area contributed by atoms with Gasteiger partial charge < -0.3 is 34.1 Å². The number of amides is 1. The number of carbonyl (C=O) groups excluding carboxylic acids is 1. The summed E-state index contributed by atoms with van der Waals surface area (Å²) < 4.78 is 28.3. The van der Waals surface area contributed by atoms with E-state index in [0.29, 0.717) is 0 Å². The molecule has 0 unspecified atom stereocenters. The summed E-state index contributed by atoms with van der Waals surface area (Å²) in [6.45, 7) is 6.51. The molecular formula is C15H25NO8. The van der Waals surface area contributed by atoms with Crippen molar-refractivity contribution in [2.75, 3.05) is 13.7 Å². The third kappa shape index (κ3) is 4.22. The van der Waals surface area contributed by atoms with Crippen LogP contribution in [0.15, 0.2) is 0 Å². The van der Waals surface area contributed by atoms with Crippen LogP contribution >= 0.6 is 0 Å². The van der Waals surface area contributed by atoms with Crippen molar-refractivity contribution in [3.8, 4) is 0 Å². The van der Waals surface area contributed by atoms with E-state index in [2.05, 4.69) is 5.32 Å². The zero-order valence-corrected chi connectivity index (χ0v) is 14.5. The Hall–Kier alpha value is -1.26. The number of carboxylic acid groups (broad SMARTS) is 1. The summed E-state index contributed by atoms with van der Waals surface area (Å²) in [5.41, 5.74) is 0. The second-order valence-corrected chi connectivity index (χ2v) is 6.38. The van der Waals surface area contributed by atoms with Gasteiger partial charge in [-0.05, 0) is 20.8 Å². The fourth-order valence-corrected chi connectivity index (χ4v) is 2.87. The van der Waals surface area contributed by atoms with E-state index in [1.165, 1.54) is 21.0 Å². The van der Waals surface area contributed by atoms with Crippen LogP contribution in [0.5, 0.6) is 0 Å². The monoisotopic (exact) mass is 347 g/mol. The highest BCUT2D eigenvalue weighted by Gasteiger charge is 2.53. The third-order valence-corrected chi connectivity index (χ3v) is 3.97. The van der Waals surface area contributed by atoms with E-state index < -0.39 is 48.5 Å². The Balaban J connectivity index is 2.30. The van der Waals surface area contributed by atoms with Crippen LogP contribution in [0, 0.1) is 0 Å². The van der Waals surface area contributed by atoms with Gasteiger partial charge in [0, 0.05) is 14.0 Å². The van der Waals surface area contributed by atoms with Crippen molar-refractivity contribution < 1.29 is 38.4 Å². The van der Waals surface area contributed by atoms with Gasteiger partial charge in [0.1, 0.15) is 24.4 Å². The van der Waals surface area contributed by atoms with Crippen molar-refractivity contribution in [3.05, 3.63) is 0 Å². The Morgan fingerprint density at radius 2 is 2.04 bits per heavy atom. The molecule has 0 bridgehead atoms. The van der Waals surface area contributed by atoms with Crippen LogP contribution in [0.1, 0.15) is 27.7 Å². The molecular weight excluding hydrogens is 322 g/mol. The van der Waals surface area contributed by atoms with E-state index >= 15 is 0 Å². The molecule has 0 spiro atoms. The molecule has 2 fully saturated rings. The van der Waals surface area contributed by atoms with Crippen LogP contribution in [0.3, 0.4) is 0 Å². The Morgan fingerprint density at radius 1 is 1.38 bits per heavy atom. The fraction of sp³-hybridized carbons (Fsp3) is 0.867. The van der Waals surface area contributed by atoms with Crippen LogP contribution in [0.4, 0.5) is 0 Å². The summed E-state index contributed by atoms with van der Waals surface area (Å²) >= 11 is 0. The smallest absolute Gasteiger partial charge is 0.332 e. The van der Waals surface area contributed by atoms with Gasteiger partial charge in [0.05, 0.1) is 6.61 Å². The standard InChI is InChI=1S/C15H25NO8/c1-7(13(18)19)22-12-10(16-8(2)17)14(20-5)23-9-6-21-15(3,4)24-11(9)12/h7,9-12,14H,6H2,1-5H3,(H,16,17)(H,18,19)/t7-,9-,10-,11-,12-,14+/m1/s1. The van der Waals surface area contributed by atoms with Gasteiger partial charge >= 0.3 is 5.97 Å². The van der Waals surface area contributed by atoms with Gasteiger partial charge in [0.25, 0.3) is 0 Å². The normalized spacial score (nSPS) is 36.5. The van der Waals surface area contributed by atoms with Crippen molar-refractivity contribution >= 4 is 11.9 Å². The number of hydrogen-bond acceptors (Lipinski definition) is 7. The SMILES string of the molecule is CO[C@H]1O[C@@H]2COC(C)(C)O[C@H]2[C@H](O[C@H](C)C(=O)O)[C@H]1NC(C)=O. The molecule has 0 saturated carbocycles. The number of ether oxygens (including phenoxy) is 5. The lowest BCUT2D eigenvalue weighted by atomic mass is 9.94. The van der Waals surface area contributed by atoms with Crippen LogP contribution in [0.25, 0.3) is 0 Å². The minimum atomic E-state index is -1.11. The van der Waals surface area contributed by atoms with E-state index in [1.54, 1.807) is 13.8 Å². The molecule has 9 heteroatoms. The summed E-state index contributed by atoms with van der Waals surface area (Å²) in [5, 5.41) is 11.9. The summed E-state index contributed by atoms with van der Waals surface area (Å²) in [6, 6.07) is -0.718. The molecule has 0 radical (unpaired) electrons. The molecule has 0 aliphatic carbocycles. The molecule has 0 aromatic carbocycles. The van der Waals surface area contributed by atoms with Gasteiger partial charge in [-0.15, -0.1) is 0 Å². The van der Waals surface area contributed by atoms with Crippen LogP contribution in [-0.2, 0) is 33.3 Å². The van der Waals surface area contributed by atoms with Crippen LogP contribution < -0.4 is 5.32 Å². The second-order valence-electron chi connectivity index (χ2n) is 6.38. The molecule has 9 nitrogen and oxygen atoms in total. The topological polar surface area (TPSA) is 113 Å². The highest BCUT2D eigenvalue weighted by Crippen LogP contribution is 2.34. The fourth-order valence-electron chi connectivity index (χ4n) is 2.87. The number of carbonyl (C=O) groups is 2. The molecule has 2 saturated heterocycles. The molecule has 0 aromatic rings. The van der Waals surface area contributed by atoms with Crippen molar-refractivity contribution in [2.45, 2.75) is 70.2 Å². The predicted octanol–water partition coefficient (Wildman–Crippen LogP) is -0.128. The first-order chi connectivity index (χ1) is 11.1. The van der Waals surface area contributed by atoms with Gasteiger partial charge in [0.15, 0.2) is 18.2 Å². The van der Waals surface area contributed by atoms with Crippen molar-refractivity contribution in [3.63, 3.8) is 0 Å². The summed E-state index contributed by atoms with van der Waals surface area (Å²) in [6.07, 6.45) is -3.78. The highest BCUT2D eigenvalue weighted by atomic mass is 16.8. The van der Waals surface area contributed by atoms with Gasteiger partial charge in [-0.1, -0.05) is 0 Å². The van der Waals surface area contributed by atoms with Gasteiger partial charge in [-0.2, -0.15) is 0 Å². The molecule has 0 aromatic heterocycles. The molecule has 2 heterocycles. The Kier molecular flexibility index (Phi) is 5.82. The number of methoxy groups -OCH3 is 1. The summed E-state index contributed by atoms with van der Waals surface area (Å²) in [5.74, 6) is -2.30. The zero-order chi connectivity index (χ0) is 18.1. The largest absolute Gasteiger partial charge is 0.479 e. The lowest BCUT2D eigenvalue weighted by molar-refractivity contribution is -0.371. The number of fused-ring (bicyclic) bond motifs is 1. The molecule has 2 rings (SSSR count). The lowest BCUT2D eigenvalue weighted by Gasteiger charge is -2.51. The van der Waals surface area contributed by atoms with Crippen LogP contribution in [0.2, 0.25) is 0 Å². The summed E-state index contributed by atoms with van der Waals surface area (Å²) in [4.78, 5) is 22.8. The van der Waals surface area contributed by atoms with E-state index in [4.69, 9.17) is 28.8 Å². The molecule has 24 heavy (non-hydrogen) atoms. The van der Waals surface area contributed by atoms with Gasteiger partial charge in [-0.3, -0.25) is 4.79 Å². The molecule has 2 aliphatic rings. The van der Waals surface area contributed by atoms with Crippen molar-refractivity contribution in [1.82, 2.24) is 5.32 Å². The zero-order valence-electron chi connectivity index (χ0n) is 14.5. The minimum Gasteiger partial charge on any atom is -0.479 e. The number of nitrogens with one attached hydrogen (secondary N) is 1. The molecule has 6 atom stereocenters. The van der Waals surface area contributed by atoms with E-state index in [0.717, 1.165) is 0 Å². The third-order valence-electron chi connectivity index (χ3n) is 3.97. The van der Waals surface area contributed by atoms with Crippen LogP contribution in [-0.4, -0.2) is 73.2 Å². The van der Waals surface area contributed by atoms with Gasteiger partial charge in [-0.25, -0.2) is 4.79 Å². The average molecular weight is 347 g/mol. The van der Waals surface area contributed by atoms with Crippen molar-refractivity contribution in [2.24, 2.45) is 0 Å². The van der Waals surface area contributed by atoms with E-state index in [1.807, 2.05) is 0 Å². The summed E-state index contributed by atoms with van der Waals surface area (Å²) in [7, 11) is 1.44. The molecule has 2 N–H and O–H groups in total. The number of hydrogen-bond donors (Lipinski definition) is 2. The first-order valence-electron chi connectivity index (χ1n) is 7.80. The first-order valence-corrected chi connectivity index (χ1v) is 7.80. The average Bonchev–Trinajstić information content (AvgIpc) is 2.48. The maximum Gasteiger partial charge on any atom is 0.332 e. The lowest BCUT2D eigenvalue weighted by Crippen LogP contribution is -2.69. The minimum absolute atomic E-state index is 0.242. The highest BCUT2D eigenvalue weighted by molar-refractivity contribution is 5.73. The maximum absolute atomic E-state index is 11.6. The quantitative estimate of drug-likeness (QED) is 0.707. The van der Waals surface area contributed by atoms with Crippen molar-refractivity contribution in [1.29, 1.82) is 0 Å². The molecule has 1 amide bonds. The number of carboxylic acids is 1. The first kappa shape index (κ1) is 19.1. The second kappa shape index (κ2) is 7.32.